The molecule has 0 aromatic heterocycles. The molecule has 2 fully saturated rings. The zero-order valence-electron chi connectivity index (χ0n) is 24.5. The summed E-state index contributed by atoms with van der Waals surface area (Å²) in [6, 6.07) is 26.3. The molecule has 2 heterocycles. The van der Waals surface area contributed by atoms with Gasteiger partial charge in [-0.3, -0.25) is 0 Å². The molecule has 218 valence electrons. The van der Waals surface area contributed by atoms with Crippen LogP contribution in [-0.2, 0) is 23.7 Å². The number of ether oxygens (including phenoxy) is 5. The van der Waals surface area contributed by atoms with Crippen LogP contribution in [0.15, 0.2) is 78.9 Å². The van der Waals surface area contributed by atoms with Crippen molar-refractivity contribution in [1.29, 1.82) is 0 Å². The second kappa shape index (κ2) is 13.6. The van der Waals surface area contributed by atoms with Crippen molar-refractivity contribution in [2.75, 3.05) is 19.8 Å². The van der Waals surface area contributed by atoms with E-state index in [2.05, 4.69) is 45.0 Å². The van der Waals surface area contributed by atoms with Crippen molar-refractivity contribution >= 4 is 6.16 Å². The molecule has 4 unspecified atom stereocenters. The molecule has 6 nitrogen and oxygen atoms in total. The minimum absolute atomic E-state index is 0.0170. The molecular weight excluding hydrogens is 516 g/mol. The molecule has 0 amide bonds. The highest BCUT2D eigenvalue weighted by Gasteiger charge is 2.46. The van der Waals surface area contributed by atoms with Gasteiger partial charge in [0.15, 0.2) is 6.29 Å². The van der Waals surface area contributed by atoms with E-state index in [9.17, 15) is 4.79 Å². The average Bonchev–Trinajstić information content (AvgIpc) is 3.35. The molecule has 0 radical (unpaired) electrons. The zero-order chi connectivity index (χ0) is 28.8. The normalized spacial score (nSPS) is 24.9. The molecule has 2 aliphatic heterocycles. The van der Waals surface area contributed by atoms with Crippen molar-refractivity contribution in [2.24, 2.45) is 11.8 Å². The molecule has 2 saturated heterocycles. The fourth-order valence-electron chi connectivity index (χ4n) is 5.67. The summed E-state index contributed by atoms with van der Waals surface area (Å²) < 4.78 is 29.6. The second-order valence-corrected chi connectivity index (χ2v) is 11.3. The van der Waals surface area contributed by atoms with Crippen LogP contribution in [0.2, 0.25) is 0 Å². The third-order valence-electron chi connectivity index (χ3n) is 8.55. The van der Waals surface area contributed by atoms with E-state index in [1.165, 1.54) is 35.1 Å². The van der Waals surface area contributed by atoms with E-state index in [4.69, 9.17) is 23.7 Å². The summed E-state index contributed by atoms with van der Waals surface area (Å²) in [4.78, 5) is 12.9. The van der Waals surface area contributed by atoms with Gasteiger partial charge >= 0.3 is 6.16 Å². The van der Waals surface area contributed by atoms with E-state index < -0.39 is 24.7 Å². The van der Waals surface area contributed by atoms with Crippen molar-refractivity contribution in [3.05, 3.63) is 95.6 Å². The molecule has 0 bridgehead atoms. The van der Waals surface area contributed by atoms with Gasteiger partial charge in [0.25, 0.3) is 0 Å². The summed E-state index contributed by atoms with van der Waals surface area (Å²) in [6.07, 6.45) is 0.235. The smallest absolute Gasteiger partial charge is 0.433 e. The highest BCUT2D eigenvalue weighted by molar-refractivity contribution is 5.79. The van der Waals surface area contributed by atoms with Crippen LogP contribution in [0.3, 0.4) is 0 Å². The lowest BCUT2D eigenvalue weighted by atomic mass is 9.93. The Hall–Kier alpha value is -3.19. The number of rotatable bonds is 6. The fraction of sp³-hybridized carbons (Fsp3) is 0.457. The summed E-state index contributed by atoms with van der Waals surface area (Å²) in [7, 11) is 0. The second-order valence-electron chi connectivity index (χ2n) is 11.3. The standard InChI is InChI=1S/C29H28O6.C6H14/c1-18-15-31-25-17-32-28(19-9-3-2-4-10-19)34-27(25)26(18)35-29(30)33-16-24-22-13-7-5-11-20(22)21-12-6-8-14-23(21)24;1-4-6(3)5-2/h2-14,18,24-28H,15-17H2,1H3;6H,4-5H2,1-3H3/t18?,25?,26-,27?,28?;/m1./s1. The Labute approximate surface area is 243 Å². The molecule has 3 aliphatic rings. The summed E-state index contributed by atoms with van der Waals surface area (Å²) in [5.41, 5.74) is 5.63. The van der Waals surface area contributed by atoms with Crippen LogP contribution in [0, 0.1) is 11.8 Å². The van der Waals surface area contributed by atoms with Crippen molar-refractivity contribution in [2.45, 2.75) is 71.1 Å². The van der Waals surface area contributed by atoms with Crippen LogP contribution in [0.5, 0.6) is 0 Å². The van der Waals surface area contributed by atoms with Crippen molar-refractivity contribution < 1.29 is 28.5 Å². The van der Waals surface area contributed by atoms with Crippen molar-refractivity contribution in [1.82, 2.24) is 0 Å². The van der Waals surface area contributed by atoms with Gasteiger partial charge in [-0.15, -0.1) is 0 Å². The highest BCUT2D eigenvalue weighted by Crippen LogP contribution is 2.44. The van der Waals surface area contributed by atoms with Gasteiger partial charge in [0.1, 0.15) is 24.9 Å². The van der Waals surface area contributed by atoms with E-state index >= 15 is 0 Å². The van der Waals surface area contributed by atoms with E-state index in [-0.39, 0.29) is 24.5 Å². The molecular formula is C35H42O6. The van der Waals surface area contributed by atoms with Crippen LogP contribution >= 0.6 is 0 Å². The Balaban J connectivity index is 0.000000511. The lowest BCUT2D eigenvalue weighted by Gasteiger charge is -2.45. The number of benzene rings is 3. The quantitative estimate of drug-likeness (QED) is 0.287. The first-order valence-electron chi connectivity index (χ1n) is 14.9. The SMILES string of the molecule is CC1COC2COC(c3ccccc3)OC2[C@@H]1OC(=O)OCC1c2ccccc2-c2ccccc21.CCC(C)CC. The lowest BCUT2D eigenvalue weighted by molar-refractivity contribution is -0.308. The molecule has 6 heteroatoms. The molecule has 0 spiro atoms. The minimum Gasteiger partial charge on any atom is -0.433 e. The molecule has 3 aromatic rings. The first-order chi connectivity index (χ1) is 20.0. The van der Waals surface area contributed by atoms with Gasteiger partial charge in [-0.05, 0) is 28.2 Å². The lowest BCUT2D eigenvalue weighted by Crippen LogP contribution is -2.56. The molecule has 0 saturated carbocycles. The molecule has 41 heavy (non-hydrogen) atoms. The predicted molar refractivity (Wildman–Crippen MR) is 159 cm³/mol. The van der Waals surface area contributed by atoms with Gasteiger partial charge < -0.3 is 23.7 Å². The topological polar surface area (TPSA) is 63.2 Å². The Morgan fingerprint density at radius 3 is 2.07 bits per heavy atom. The minimum atomic E-state index is -0.685. The maximum absolute atomic E-state index is 12.9. The van der Waals surface area contributed by atoms with Gasteiger partial charge in [0.2, 0.25) is 0 Å². The Morgan fingerprint density at radius 1 is 0.854 bits per heavy atom. The van der Waals surface area contributed by atoms with Crippen LogP contribution in [0.1, 0.15) is 69.4 Å². The fourth-order valence-corrected chi connectivity index (χ4v) is 5.67. The van der Waals surface area contributed by atoms with Gasteiger partial charge in [0.05, 0.1) is 13.2 Å². The Bertz CT molecular complexity index is 1230. The summed E-state index contributed by atoms with van der Waals surface area (Å²) in [5.74, 6) is 0.882. The van der Waals surface area contributed by atoms with Crippen LogP contribution < -0.4 is 0 Å². The van der Waals surface area contributed by atoms with E-state index in [1.54, 1.807) is 0 Å². The van der Waals surface area contributed by atoms with Crippen LogP contribution in [0.4, 0.5) is 4.79 Å². The van der Waals surface area contributed by atoms with Crippen LogP contribution in [0.25, 0.3) is 11.1 Å². The average molecular weight is 559 g/mol. The number of carbonyl (C=O) groups excluding carboxylic acids is 1. The number of fused-ring (bicyclic) bond motifs is 4. The molecule has 6 rings (SSSR count). The van der Waals surface area contributed by atoms with E-state index in [1.807, 2.05) is 61.5 Å². The maximum atomic E-state index is 12.9. The van der Waals surface area contributed by atoms with Gasteiger partial charge in [-0.1, -0.05) is 119 Å². The van der Waals surface area contributed by atoms with Gasteiger partial charge in [-0.25, -0.2) is 4.79 Å². The van der Waals surface area contributed by atoms with Crippen molar-refractivity contribution in [3.8, 4) is 11.1 Å². The molecule has 1 aliphatic carbocycles. The first-order valence-corrected chi connectivity index (χ1v) is 14.9. The largest absolute Gasteiger partial charge is 0.508 e. The number of carbonyl (C=O) groups is 1. The predicted octanol–water partition coefficient (Wildman–Crippen LogP) is 7.91. The zero-order valence-corrected chi connectivity index (χ0v) is 24.5. The first kappa shape index (κ1) is 29.3. The van der Waals surface area contributed by atoms with E-state index in [0.29, 0.717) is 13.2 Å². The third-order valence-corrected chi connectivity index (χ3v) is 8.55. The molecule has 5 atom stereocenters. The number of hydrogen-bond acceptors (Lipinski definition) is 6. The van der Waals surface area contributed by atoms with Crippen LogP contribution in [-0.4, -0.2) is 44.3 Å². The molecule has 0 N–H and O–H groups in total. The van der Waals surface area contributed by atoms with Gasteiger partial charge in [0, 0.05) is 17.4 Å². The van der Waals surface area contributed by atoms with E-state index in [0.717, 1.165) is 11.5 Å². The maximum Gasteiger partial charge on any atom is 0.508 e. The third kappa shape index (κ3) is 6.66. The van der Waals surface area contributed by atoms with Gasteiger partial charge in [-0.2, -0.15) is 0 Å². The summed E-state index contributed by atoms with van der Waals surface area (Å²) in [6.45, 7) is 9.79. The molecule has 3 aromatic carbocycles. The summed E-state index contributed by atoms with van der Waals surface area (Å²) in [5, 5.41) is 0. The van der Waals surface area contributed by atoms with Crippen molar-refractivity contribution in [3.63, 3.8) is 0 Å². The monoisotopic (exact) mass is 558 g/mol. The Kier molecular flexibility index (Phi) is 9.76. The Morgan fingerprint density at radius 2 is 1.46 bits per heavy atom. The highest BCUT2D eigenvalue weighted by atomic mass is 16.8. The number of hydrogen-bond donors (Lipinski definition) is 0. The summed E-state index contributed by atoms with van der Waals surface area (Å²) >= 11 is 0.